The van der Waals surface area contributed by atoms with Crippen LogP contribution < -0.4 is 5.32 Å². The molecular weight excluding hydrogens is 533 g/mol. The van der Waals surface area contributed by atoms with Crippen molar-refractivity contribution >= 4 is 36.6 Å². The van der Waals surface area contributed by atoms with Crippen molar-refractivity contribution in [1.29, 1.82) is 0 Å². The van der Waals surface area contributed by atoms with Gasteiger partial charge in [-0.1, -0.05) is 54.6 Å². The van der Waals surface area contributed by atoms with E-state index in [0.717, 1.165) is 54.9 Å². The highest BCUT2D eigenvalue weighted by Crippen LogP contribution is 2.36. The summed E-state index contributed by atoms with van der Waals surface area (Å²) in [6, 6.07) is 23.8. The van der Waals surface area contributed by atoms with Gasteiger partial charge in [-0.2, -0.15) is 0 Å². The molecule has 0 aliphatic carbocycles. The van der Waals surface area contributed by atoms with Gasteiger partial charge in [-0.05, 0) is 73.3 Å². The fourth-order valence-electron chi connectivity index (χ4n) is 4.58. The molecule has 3 aromatic rings. The zero-order valence-corrected chi connectivity index (χ0v) is 23.2. The third-order valence-corrected chi connectivity index (χ3v) is 7.88. The molecule has 1 aliphatic heterocycles. The number of hydrogen-bond acceptors (Lipinski definition) is 4. The van der Waals surface area contributed by atoms with Gasteiger partial charge in [0.05, 0.1) is 11.4 Å². The molecule has 1 unspecified atom stereocenters. The third kappa shape index (κ3) is 10.2. The molecule has 2 N–H and O–H groups in total. The van der Waals surface area contributed by atoms with E-state index in [0.29, 0.717) is 19.0 Å². The minimum absolute atomic E-state index is 0. The summed E-state index contributed by atoms with van der Waals surface area (Å²) in [5, 5.41) is 13.9. The molecule has 202 valence electrons. The second kappa shape index (κ2) is 16.3. The Kier molecular flexibility index (Phi) is 13.9. The maximum Gasteiger partial charge on any atom is 0.123 e. The Hall–Kier alpha value is -1.67. The molecule has 0 bridgehead atoms. The van der Waals surface area contributed by atoms with Crippen LogP contribution in [-0.2, 0) is 6.42 Å². The van der Waals surface area contributed by atoms with Crippen molar-refractivity contribution in [2.75, 3.05) is 31.9 Å². The van der Waals surface area contributed by atoms with Gasteiger partial charge in [-0.25, -0.2) is 8.78 Å². The molecule has 0 saturated carbocycles. The standard InChI is InChI=1S/C29H34F2N2OS.2ClH/c30-25-10-6-23(7-11-25)29(24-8-12-26(31)13-9-24)35-19-18-33-16-14-27(15-17-33)32-21-28(34)20-22-4-2-1-3-5-22;;/h1-13,27-29,32,34H,14-21H2;2*1H. The van der Waals surface area contributed by atoms with Gasteiger partial charge in [0.15, 0.2) is 0 Å². The van der Waals surface area contributed by atoms with Crippen LogP contribution in [0.25, 0.3) is 0 Å². The largest absolute Gasteiger partial charge is 0.391 e. The summed E-state index contributed by atoms with van der Waals surface area (Å²) in [5.74, 6) is 0.439. The summed E-state index contributed by atoms with van der Waals surface area (Å²) < 4.78 is 26.9. The number of hydrogen-bond donors (Lipinski definition) is 2. The number of benzene rings is 3. The molecule has 1 atom stereocenters. The summed E-state index contributed by atoms with van der Waals surface area (Å²) in [5.41, 5.74) is 3.22. The first-order valence-electron chi connectivity index (χ1n) is 12.4. The van der Waals surface area contributed by atoms with E-state index < -0.39 is 0 Å². The first-order valence-corrected chi connectivity index (χ1v) is 13.4. The van der Waals surface area contributed by atoms with E-state index in [1.807, 2.05) is 54.2 Å². The lowest BCUT2D eigenvalue weighted by molar-refractivity contribution is 0.152. The third-order valence-electron chi connectivity index (χ3n) is 6.58. The molecular formula is C29H36Cl2F2N2OS. The summed E-state index contributed by atoms with van der Waals surface area (Å²) in [7, 11) is 0. The number of halogens is 4. The highest BCUT2D eigenvalue weighted by molar-refractivity contribution is 7.99. The van der Waals surface area contributed by atoms with Crippen molar-refractivity contribution in [2.24, 2.45) is 0 Å². The van der Waals surface area contributed by atoms with Crippen LogP contribution in [0.1, 0.15) is 34.8 Å². The lowest BCUT2D eigenvalue weighted by Crippen LogP contribution is -2.45. The Balaban J connectivity index is 0.00000241. The van der Waals surface area contributed by atoms with Crippen molar-refractivity contribution in [3.63, 3.8) is 0 Å². The highest BCUT2D eigenvalue weighted by atomic mass is 35.5. The molecule has 8 heteroatoms. The zero-order chi connectivity index (χ0) is 24.5. The van der Waals surface area contributed by atoms with Crippen molar-refractivity contribution in [3.8, 4) is 0 Å². The molecule has 0 spiro atoms. The fraction of sp³-hybridized carbons (Fsp3) is 0.379. The lowest BCUT2D eigenvalue weighted by Gasteiger charge is -2.33. The average Bonchev–Trinajstić information content (AvgIpc) is 2.88. The Morgan fingerprint density at radius 2 is 1.38 bits per heavy atom. The van der Waals surface area contributed by atoms with E-state index in [9.17, 15) is 13.9 Å². The number of piperidine rings is 1. The van der Waals surface area contributed by atoms with Gasteiger partial charge in [0.1, 0.15) is 11.6 Å². The van der Waals surface area contributed by atoms with Crippen molar-refractivity contribution in [1.82, 2.24) is 10.2 Å². The molecule has 0 aromatic heterocycles. The van der Waals surface area contributed by atoms with Gasteiger partial charge >= 0.3 is 0 Å². The molecule has 1 saturated heterocycles. The number of thioether (sulfide) groups is 1. The quantitative estimate of drug-likeness (QED) is 0.285. The maximum absolute atomic E-state index is 13.4. The van der Waals surface area contributed by atoms with Crippen molar-refractivity contribution < 1.29 is 13.9 Å². The van der Waals surface area contributed by atoms with Crippen LogP contribution in [0.3, 0.4) is 0 Å². The molecule has 3 aromatic carbocycles. The molecule has 1 fully saturated rings. The van der Waals surface area contributed by atoms with Crippen LogP contribution in [-0.4, -0.2) is 54.1 Å². The van der Waals surface area contributed by atoms with Crippen LogP contribution >= 0.6 is 36.6 Å². The Bertz CT molecular complexity index is 975. The number of aliphatic hydroxyl groups excluding tert-OH is 1. The molecule has 4 rings (SSSR count). The molecule has 1 aliphatic rings. The Morgan fingerprint density at radius 3 is 1.92 bits per heavy atom. The Labute approximate surface area is 235 Å². The van der Waals surface area contributed by atoms with Crippen LogP contribution in [0.5, 0.6) is 0 Å². The van der Waals surface area contributed by atoms with Gasteiger partial charge in [0, 0.05) is 24.9 Å². The minimum atomic E-state index is -0.373. The van der Waals surface area contributed by atoms with Crippen molar-refractivity contribution in [2.45, 2.75) is 36.7 Å². The second-order valence-corrected chi connectivity index (χ2v) is 10.4. The Morgan fingerprint density at radius 1 is 0.838 bits per heavy atom. The summed E-state index contributed by atoms with van der Waals surface area (Å²) >= 11 is 1.81. The van der Waals surface area contributed by atoms with E-state index >= 15 is 0 Å². The van der Waals surface area contributed by atoms with E-state index in [2.05, 4.69) is 22.3 Å². The van der Waals surface area contributed by atoms with Gasteiger partial charge in [-0.15, -0.1) is 36.6 Å². The van der Waals surface area contributed by atoms with E-state index in [4.69, 9.17) is 0 Å². The number of nitrogens with one attached hydrogen (secondary N) is 1. The van der Waals surface area contributed by atoms with E-state index in [1.54, 1.807) is 0 Å². The predicted molar refractivity (Wildman–Crippen MR) is 155 cm³/mol. The molecule has 37 heavy (non-hydrogen) atoms. The van der Waals surface area contributed by atoms with Gasteiger partial charge in [0.25, 0.3) is 0 Å². The predicted octanol–water partition coefficient (Wildman–Crippen LogP) is 6.29. The van der Waals surface area contributed by atoms with Gasteiger partial charge in [0.2, 0.25) is 0 Å². The number of nitrogens with zero attached hydrogens (tertiary/aromatic N) is 1. The molecule has 1 heterocycles. The molecule has 3 nitrogen and oxygen atoms in total. The number of rotatable bonds is 11. The first kappa shape index (κ1) is 31.5. The van der Waals surface area contributed by atoms with Crippen LogP contribution in [0.2, 0.25) is 0 Å². The van der Waals surface area contributed by atoms with E-state index in [1.165, 1.54) is 24.3 Å². The second-order valence-electron chi connectivity index (χ2n) is 9.22. The van der Waals surface area contributed by atoms with Crippen LogP contribution in [0.15, 0.2) is 78.9 Å². The lowest BCUT2D eigenvalue weighted by atomic mass is 10.0. The zero-order valence-electron chi connectivity index (χ0n) is 20.8. The minimum Gasteiger partial charge on any atom is -0.391 e. The highest BCUT2D eigenvalue weighted by Gasteiger charge is 2.21. The number of likely N-dealkylation sites (tertiary alicyclic amines) is 1. The monoisotopic (exact) mass is 568 g/mol. The summed E-state index contributed by atoms with van der Waals surface area (Å²) in [6.45, 7) is 3.66. The molecule has 0 radical (unpaired) electrons. The van der Waals surface area contributed by atoms with Crippen LogP contribution in [0.4, 0.5) is 8.78 Å². The SMILES string of the molecule is Cl.Cl.OC(CNC1CCN(CCSC(c2ccc(F)cc2)c2ccc(F)cc2)CC1)Cc1ccccc1. The smallest absolute Gasteiger partial charge is 0.123 e. The topological polar surface area (TPSA) is 35.5 Å². The fourth-order valence-corrected chi connectivity index (χ4v) is 5.88. The van der Waals surface area contributed by atoms with Gasteiger partial charge in [-0.3, -0.25) is 0 Å². The summed E-state index contributed by atoms with van der Waals surface area (Å²) in [6.07, 6.45) is 2.44. The normalized spacial score (nSPS) is 15.1. The van der Waals surface area contributed by atoms with E-state index in [-0.39, 0.29) is 47.8 Å². The van der Waals surface area contributed by atoms with Crippen LogP contribution in [0, 0.1) is 11.6 Å². The molecule has 0 amide bonds. The summed E-state index contributed by atoms with van der Waals surface area (Å²) in [4.78, 5) is 2.48. The average molecular weight is 570 g/mol. The maximum atomic E-state index is 13.4. The first-order chi connectivity index (χ1) is 17.1. The van der Waals surface area contributed by atoms with Crippen molar-refractivity contribution in [3.05, 3.63) is 107 Å². The van der Waals surface area contributed by atoms with Gasteiger partial charge < -0.3 is 15.3 Å². The number of aliphatic hydroxyl groups is 1.